The number of carbonyl (C=O) groups excluding carboxylic acids is 1. The Morgan fingerprint density at radius 2 is 1.59 bits per heavy atom. The molecule has 1 aromatic carbocycles. The molecule has 0 spiro atoms. The first-order valence-corrected chi connectivity index (χ1v) is 10.2. The van der Waals surface area contributed by atoms with Crippen molar-refractivity contribution in [3.63, 3.8) is 0 Å². The molecule has 0 unspecified atom stereocenters. The molecule has 2 atom stereocenters. The minimum atomic E-state index is 0. The lowest BCUT2D eigenvalue weighted by Gasteiger charge is -2.34. The van der Waals surface area contributed by atoms with Crippen molar-refractivity contribution in [2.45, 2.75) is 51.7 Å². The van der Waals surface area contributed by atoms with Gasteiger partial charge in [0.05, 0.1) is 0 Å². The van der Waals surface area contributed by atoms with E-state index < -0.39 is 0 Å². The largest absolute Gasteiger partial charge is 0.352 e. The van der Waals surface area contributed by atoms with Crippen molar-refractivity contribution in [1.82, 2.24) is 15.1 Å². The molecule has 8 heteroatoms. The van der Waals surface area contributed by atoms with E-state index in [1.54, 1.807) is 0 Å². The van der Waals surface area contributed by atoms with Crippen LogP contribution < -0.4 is 11.1 Å². The summed E-state index contributed by atoms with van der Waals surface area (Å²) < 4.78 is 0. The Kier molecular flexibility index (Phi) is 14.2. The van der Waals surface area contributed by atoms with E-state index in [9.17, 15) is 4.79 Å². The van der Waals surface area contributed by atoms with Crippen LogP contribution in [0.25, 0.3) is 0 Å². The number of piperazine rings is 1. The Balaban J connectivity index is 0.00000261. The number of halogens is 3. The zero-order valence-electron chi connectivity index (χ0n) is 17.3. The fraction of sp³-hybridized carbons (Fsp3) is 0.667. The quantitative estimate of drug-likeness (QED) is 0.646. The number of nitrogens with two attached hydrogens (primary N) is 1. The summed E-state index contributed by atoms with van der Waals surface area (Å²) >= 11 is 0. The van der Waals surface area contributed by atoms with E-state index in [-0.39, 0.29) is 49.2 Å². The molecule has 1 aliphatic carbocycles. The summed E-state index contributed by atoms with van der Waals surface area (Å²) in [5.74, 6) is 0.496. The first-order valence-electron chi connectivity index (χ1n) is 10.2. The molecule has 0 radical (unpaired) electrons. The SMILES string of the molecule is CCN1CCN(Cc2ccc(CNC(=O)C[C@@H]3CCC[C@H]3N)cc2)CC1.Cl.Cl.Cl. The Morgan fingerprint density at radius 1 is 1.00 bits per heavy atom. The van der Waals surface area contributed by atoms with Crippen LogP contribution in [0.3, 0.4) is 0 Å². The number of nitrogens with zero attached hydrogens (tertiary/aromatic N) is 2. The second kappa shape index (κ2) is 14.4. The van der Waals surface area contributed by atoms with Gasteiger partial charge in [-0.05, 0) is 36.4 Å². The van der Waals surface area contributed by atoms with Gasteiger partial charge in [0.25, 0.3) is 0 Å². The van der Waals surface area contributed by atoms with Gasteiger partial charge in [0.1, 0.15) is 0 Å². The fourth-order valence-electron chi connectivity index (χ4n) is 4.11. The normalized spacial score (nSPS) is 22.1. The summed E-state index contributed by atoms with van der Waals surface area (Å²) in [7, 11) is 0. The number of rotatable bonds is 7. The maximum Gasteiger partial charge on any atom is 0.220 e. The summed E-state index contributed by atoms with van der Waals surface area (Å²) in [4.78, 5) is 17.1. The molecule has 168 valence electrons. The molecule has 1 aliphatic heterocycles. The van der Waals surface area contributed by atoms with Crippen molar-refractivity contribution in [2.24, 2.45) is 11.7 Å². The van der Waals surface area contributed by atoms with Crippen LogP contribution in [0.15, 0.2) is 24.3 Å². The third-order valence-electron chi connectivity index (χ3n) is 6.00. The second-order valence-electron chi connectivity index (χ2n) is 7.86. The number of likely N-dealkylation sites (N-methyl/N-ethyl adjacent to an activating group) is 1. The van der Waals surface area contributed by atoms with Crippen LogP contribution in [0.1, 0.15) is 43.7 Å². The molecule has 3 rings (SSSR count). The standard InChI is InChI=1S/C21H34N4O.3ClH/c1-2-24-10-12-25(13-11-24)16-18-8-6-17(7-9-18)15-23-21(26)14-19-4-3-5-20(19)22;;;/h6-9,19-20H,2-5,10-16,22H2,1H3,(H,23,26);3*1H/t19-,20+;;;/m0.../s1. The van der Waals surface area contributed by atoms with Crippen molar-refractivity contribution in [1.29, 1.82) is 0 Å². The zero-order valence-corrected chi connectivity index (χ0v) is 19.8. The van der Waals surface area contributed by atoms with E-state index in [2.05, 4.69) is 46.3 Å². The number of nitrogens with one attached hydrogen (secondary N) is 1. The van der Waals surface area contributed by atoms with Crippen LogP contribution >= 0.6 is 37.2 Å². The predicted octanol–water partition coefficient (Wildman–Crippen LogP) is 3.22. The molecule has 1 saturated carbocycles. The van der Waals surface area contributed by atoms with Crippen molar-refractivity contribution < 1.29 is 4.79 Å². The molecule has 0 bridgehead atoms. The van der Waals surface area contributed by atoms with Crippen LogP contribution in [0, 0.1) is 5.92 Å². The van der Waals surface area contributed by atoms with E-state index in [0.29, 0.717) is 18.9 Å². The number of benzene rings is 1. The topological polar surface area (TPSA) is 61.6 Å². The highest BCUT2D eigenvalue weighted by Crippen LogP contribution is 2.26. The van der Waals surface area contributed by atoms with Gasteiger partial charge in [0.2, 0.25) is 5.91 Å². The van der Waals surface area contributed by atoms with Crippen LogP contribution in [0.5, 0.6) is 0 Å². The first-order chi connectivity index (χ1) is 12.6. The zero-order chi connectivity index (χ0) is 18.4. The monoisotopic (exact) mass is 466 g/mol. The van der Waals surface area contributed by atoms with Crippen LogP contribution in [-0.4, -0.2) is 54.5 Å². The number of hydrogen-bond acceptors (Lipinski definition) is 4. The molecule has 29 heavy (non-hydrogen) atoms. The van der Waals surface area contributed by atoms with Crippen molar-refractivity contribution >= 4 is 43.1 Å². The smallest absolute Gasteiger partial charge is 0.220 e. The molecule has 2 fully saturated rings. The summed E-state index contributed by atoms with van der Waals surface area (Å²) in [5, 5.41) is 3.05. The highest BCUT2D eigenvalue weighted by molar-refractivity contribution is 5.86. The molecule has 3 N–H and O–H groups in total. The maximum absolute atomic E-state index is 12.1. The highest BCUT2D eigenvalue weighted by Gasteiger charge is 2.25. The van der Waals surface area contributed by atoms with E-state index in [0.717, 1.165) is 51.0 Å². The Bertz CT molecular complexity index is 580. The van der Waals surface area contributed by atoms with Gasteiger partial charge in [-0.1, -0.05) is 37.6 Å². The van der Waals surface area contributed by atoms with Gasteiger partial charge < -0.3 is 16.0 Å². The molecule has 1 saturated heterocycles. The van der Waals surface area contributed by atoms with E-state index in [1.165, 1.54) is 18.7 Å². The second-order valence-corrected chi connectivity index (χ2v) is 7.86. The number of amides is 1. The molecule has 0 aromatic heterocycles. The van der Waals surface area contributed by atoms with E-state index in [1.807, 2.05) is 0 Å². The Morgan fingerprint density at radius 3 is 2.14 bits per heavy atom. The van der Waals surface area contributed by atoms with Crippen molar-refractivity contribution in [2.75, 3.05) is 32.7 Å². The van der Waals surface area contributed by atoms with Gasteiger partial charge in [-0.2, -0.15) is 0 Å². The molecule has 1 amide bonds. The van der Waals surface area contributed by atoms with Crippen molar-refractivity contribution in [3.05, 3.63) is 35.4 Å². The van der Waals surface area contributed by atoms with Crippen molar-refractivity contribution in [3.8, 4) is 0 Å². The predicted molar refractivity (Wildman–Crippen MR) is 127 cm³/mol. The number of hydrogen-bond donors (Lipinski definition) is 2. The summed E-state index contributed by atoms with van der Waals surface area (Å²) in [6, 6.07) is 8.87. The van der Waals surface area contributed by atoms with Gasteiger partial charge in [-0.15, -0.1) is 37.2 Å². The van der Waals surface area contributed by atoms with Crippen LogP contribution in [-0.2, 0) is 17.9 Å². The van der Waals surface area contributed by atoms with Gasteiger partial charge >= 0.3 is 0 Å². The van der Waals surface area contributed by atoms with E-state index in [4.69, 9.17) is 5.73 Å². The lowest BCUT2D eigenvalue weighted by Crippen LogP contribution is -2.45. The molecular weight excluding hydrogens is 431 g/mol. The Labute approximate surface area is 194 Å². The summed E-state index contributed by atoms with van der Waals surface area (Å²) in [5.41, 5.74) is 8.57. The minimum absolute atomic E-state index is 0. The van der Waals surface area contributed by atoms with Gasteiger partial charge in [0, 0.05) is 51.7 Å². The minimum Gasteiger partial charge on any atom is -0.352 e. The molecule has 1 aromatic rings. The molecule has 2 aliphatic rings. The van der Waals surface area contributed by atoms with Gasteiger partial charge in [-0.25, -0.2) is 0 Å². The lowest BCUT2D eigenvalue weighted by molar-refractivity contribution is -0.122. The Hall–Kier alpha value is -0.560. The molecule has 1 heterocycles. The average molecular weight is 468 g/mol. The van der Waals surface area contributed by atoms with E-state index >= 15 is 0 Å². The number of carbonyl (C=O) groups is 1. The fourth-order valence-corrected chi connectivity index (χ4v) is 4.11. The lowest BCUT2D eigenvalue weighted by atomic mass is 10.00. The van der Waals surface area contributed by atoms with Crippen LogP contribution in [0.4, 0.5) is 0 Å². The van der Waals surface area contributed by atoms with Gasteiger partial charge in [0.15, 0.2) is 0 Å². The third kappa shape index (κ3) is 8.99. The first kappa shape index (κ1) is 28.4. The summed E-state index contributed by atoms with van der Waals surface area (Å²) in [6.07, 6.45) is 3.89. The van der Waals surface area contributed by atoms with Crippen LogP contribution in [0.2, 0.25) is 0 Å². The molecular formula is C21H37Cl3N4O. The average Bonchev–Trinajstić information content (AvgIpc) is 3.06. The van der Waals surface area contributed by atoms with Gasteiger partial charge in [-0.3, -0.25) is 9.69 Å². The summed E-state index contributed by atoms with van der Waals surface area (Å²) in [6.45, 7) is 9.65. The molecule has 5 nitrogen and oxygen atoms in total. The third-order valence-corrected chi connectivity index (χ3v) is 6.00. The highest BCUT2D eigenvalue weighted by atomic mass is 35.5. The maximum atomic E-state index is 12.1.